The molecule has 4 N–H and O–H groups in total. The Labute approximate surface area is 185 Å². The smallest absolute Gasteiger partial charge is 0.319 e. The summed E-state index contributed by atoms with van der Waals surface area (Å²) in [4.78, 5) is 16.3. The number of thioether (sulfide) groups is 1. The number of unbranched alkanes of at least 4 members (excludes halogenated alkanes) is 1. The predicted octanol–water partition coefficient (Wildman–Crippen LogP) is 4.03. The normalized spacial score (nSPS) is 10.9. The van der Waals surface area contributed by atoms with Gasteiger partial charge in [-0.05, 0) is 63.3 Å². The molecule has 0 radical (unpaired) electrons. The van der Waals surface area contributed by atoms with Crippen molar-refractivity contribution in [2.75, 3.05) is 30.4 Å². The molecule has 8 heteroatoms. The first-order chi connectivity index (χ1) is 12.5. The molecule has 0 aliphatic carbocycles. The number of benzene rings is 1. The van der Waals surface area contributed by atoms with Crippen LogP contribution >= 0.6 is 35.7 Å². The summed E-state index contributed by atoms with van der Waals surface area (Å²) in [6, 6.07) is 7.68. The van der Waals surface area contributed by atoms with Crippen molar-refractivity contribution in [3.63, 3.8) is 0 Å². The van der Waals surface area contributed by atoms with Crippen molar-refractivity contribution < 1.29 is 4.79 Å². The Morgan fingerprint density at radius 3 is 2.44 bits per heavy atom. The average Bonchev–Trinajstić information content (AvgIpc) is 2.60. The van der Waals surface area contributed by atoms with Gasteiger partial charge in [-0.3, -0.25) is 0 Å². The molecule has 6 nitrogen and oxygen atoms in total. The quantitative estimate of drug-likeness (QED) is 0.167. The zero-order valence-electron chi connectivity index (χ0n) is 16.8. The zero-order valence-corrected chi connectivity index (χ0v) is 19.9. The van der Waals surface area contributed by atoms with Crippen LogP contribution in [-0.2, 0) is 6.54 Å². The predicted molar refractivity (Wildman–Crippen MR) is 130 cm³/mol. The Balaban J connectivity index is 0.00000676. The molecule has 0 atom stereocenters. The van der Waals surface area contributed by atoms with E-state index in [0.29, 0.717) is 6.54 Å². The van der Waals surface area contributed by atoms with E-state index in [2.05, 4.69) is 39.4 Å². The van der Waals surface area contributed by atoms with Gasteiger partial charge in [0, 0.05) is 24.8 Å². The Kier molecular flexibility index (Phi) is 15.2. The van der Waals surface area contributed by atoms with Gasteiger partial charge in [0.1, 0.15) is 0 Å². The third kappa shape index (κ3) is 12.8. The van der Waals surface area contributed by atoms with E-state index in [1.807, 2.05) is 49.9 Å². The molecule has 0 fully saturated rings. The topological polar surface area (TPSA) is 77.5 Å². The summed E-state index contributed by atoms with van der Waals surface area (Å²) in [5.74, 6) is 2.04. The third-order valence-corrected chi connectivity index (χ3v) is 4.16. The van der Waals surface area contributed by atoms with Crippen LogP contribution in [0.15, 0.2) is 29.3 Å². The summed E-state index contributed by atoms with van der Waals surface area (Å²) in [6.45, 7) is 8.29. The van der Waals surface area contributed by atoms with Gasteiger partial charge in [-0.2, -0.15) is 11.8 Å². The zero-order chi connectivity index (χ0) is 19.2. The van der Waals surface area contributed by atoms with Crippen LogP contribution in [0, 0.1) is 0 Å². The largest absolute Gasteiger partial charge is 0.357 e. The fourth-order valence-electron chi connectivity index (χ4n) is 2.21. The van der Waals surface area contributed by atoms with Crippen LogP contribution in [0.3, 0.4) is 0 Å². The molecule has 0 unspecified atom stereocenters. The number of nitrogens with zero attached hydrogens (tertiary/aromatic N) is 1. The van der Waals surface area contributed by atoms with Gasteiger partial charge < -0.3 is 21.3 Å². The minimum absolute atomic E-state index is 0. The van der Waals surface area contributed by atoms with Gasteiger partial charge >= 0.3 is 6.03 Å². The molecule has 0 aliphatic rings. The minimum atomic E-state index is -0.189. The van der Waals surface area contributed by atoms with Crippen molar-refractivity contribution in [1.29, 1.82) is 0 Å². The number of nitrogens with one attached hydrogen (secondary N) is 4. The van der Waals surface area contributed by atoms with Crippen LogP contribution in [0.4, 0.5) is 10.5 Å². The van der Waals surface area contributed by atoms with Gasteiger partial charge in [-0.15, -0.1) is 24.0 Å². The van der Waals surface area contributed by atoms with E-state index in [4.69, 9.17) is 0 Å². The van der Waals surface area contributed by atoms with Crippen LogP contribution in [0.2, 0.25) is 0 Å². The second-order valence-corrected chi connectivity index (χ2v) is 7.26. The Morgan fingerprint density at radius 2 is 1.85 bits per heavy atom. The van der Waals surface area contributed by atoms with Crippen molar-refractivity contribution in [3.8, 4) is 0 Å². The molecule has 1 aromatic rings. The first kappa shape index (κ1) is 25.8. The number of carbonyl (C=O) groups is 1. The molecule has 0 aliphatic heterocycles. The molecule has 1 aromatic carbocycles. The third-order valence-electron chi connectivity index (χ3n) is 3.46. The van der Waals surface area contributed by atoms with Crippen LogP contribution in [0.1, 0.15) is 39.2 Å². The lowest BCUT2D eigenvalue weighted by Gasteiger charge is -2.12. The van der Waals surface area contributed by atoms with Crippen LogP contribution < -0.4 is 21.3 Å². The van der Waals surface area contributed by atoms with Gasteiger partial charge in [0.15, 0.2) is 5.96 Å². The number of aliphatic imine (C=N–C) groups is 1. The second kappa shape index (κ2) is 15.9. The Hall–Kier alpha value is -1.16. The van der Waals surface area contributed by atoms with E-state index < -0.39 is 0 Å². The Bertz CT molecular complexity index is 552. The van der Waals surface area contributed by atoms with E-state index >= 15 is 0 Å². The van der Waals surface area contributed by atoms with Crippen molar-refractivity contribution in [2.24, 2.45) is 4.99 Å². The number of amides is 2. The highest BCUT2D eigenvalue weighted by Crippen LogP contribution is 2.10. The standard InChI is InChI=1S/C19H33N5OS.HI/c1-5-20-18(21-12-6-7-13-26-4)22-14-16-8-10-17(11-9-16)24-19(25)23-15(2)3;/h8-11,15H,5-7,12-14H2,1-4H3,(H2,20,21,22)(H2,23,24,25);1H. The van der Waals surface area contributed by atoms with Crippen LogP contribution in [-0.4, -0.2) is 43.1 Å². The van der Waals surface area contributed by atoms with Crippen LogP contribution in [0.5, 0.6) is 0 Å². The lowest BCUT2D eigenvalue weighted by molar-refractivity contribution is 0.250. The molecule has 0 saturated carbocycles. The van der Waals surface area contributed by atoms with Gasteiger partial charge in [0.2, 0.25) is 0 Å². The molecule has 0 heterocycles. The van der Waals surface area contributed by atoms with Crippen molar-refractivity contribution in [2.45, 2.75) is 46.2 Å². The summed E-state index contributed by atoms with van der Waals surface area (Å²) in [7, 11) is 0. The number of hydrogen-bond donors (Lipinski definition) is 4. The number of rotatable bonds is 10. The molecule has 1 rings (SSSR count). The average molecular weight is 507 g/mol. The Morgan fingerprint density at radius 1 is 1.15 bits per heavy atom. The molecule has 0 spiro atoms. The highest BCUT2D eigenvalue weighted by Gasteiger charge is 2.03. The van der Waals surface area contributed by atoms with Gasteiger partial charge in [-0.1, -0.05) is 12.1 Å². The molecule has 2 amide bonds. The monoisotopic (exact) mass is 507 g/mol. The van der Waals surface area contributed by atoms with E-state index in [9.17, 15) is 4.79 Å². The van der Waals surface area contributed by atoms with Crippen molar-refractivity contribution in [3.05, 3.63) is 29.8 Å². The summed E-state index contributed by atoms with van der Waals surface area (Å²) >= 11 is 1.88. The summed E-state index contributed by atoms with van der Waals surface area (Å²) in [6.07, 6.45) is 4.49. The second-order valence-electron chi connectivity index (χ2n) is 6.27. The first-order valence-electron chi connectivity index (χ1n) is 9.22. The number of guanidine groups is 1. The van der Waals surface area contributed by atoms with Crippen molar-refractivity contribution in [1.82, 2.24) is 16.0 Å². The minimum Gasteiger partial charge on any atom is -0.357 e. The number of carbonyl (C=O) groups excluding carboxylic acids is 1. The first-order valence-corrected chi connectivity index (χ1v) is 10.6. The fraction of sp³-hybridized carbons (Fsp3) is 0.579. The van der Waals surface area contributed by atoms with Gasteiger partial charge in [0.05, 0.1) is 6.54 Å². The summed E-state index contributed by atoms with van der Waals surface area (Å²) < 4.78 is 0. The maximum Gasteiger partial charge on any atom is 0.319 e. The van der Waals surface area contributed by atoms with Gasteiger partial charge in [0.25, 0.3) is 0 Å². The van der Waals surface area contributed by atoms with Crippen molar-refractivity contribution >= 4 is 53.4 Å². The number of urea groups is 1. The van der Waals surface area contributed by atoms with Crippen LogP contribution in [0.25, 0.3) is 0 Å². The number of anilines is 1. The maximum atomic E-state index is 11.7. The van der Waals surface area contributed by atoms with E-state index in [0.717, 1.165) is 36.7 Å². The fourth-order valence-corrected chi connectivity index (χ4v) is 2.71. The molecule has 154 valence electrons. The molecular formula is C19H34IN5OS. The highest BCUT2D eigenvalue weighted by atomic mass is 127. The SMILES string of the molecule is CCNC(=NCc1ccc(NC(=O)NC(C)C)cc1)NCCCCSC.I. The summed E-state index contributed by atoms with van der Waals surface area (Å²) in [5, 5.41) is 12.3. The number of hydrogen-bond acceptors (Lipinski definition) is 3. The lowest BCUT2D eigenvalue weighted by atomic mass is 10.2. The lowest BCUT2D eigenvalue weighted by Crippen LogP contribution is -2.37. The molecule has 27 heavy (non-hydrogen) atoms. The van der Waals surface area contributed by atoms with Gasteiger partial charge in [-0.25, -0.2) is 9.79 Å². The van der Waals surface area contributed by atoms with E-state index in [1.54, 1.807) is 0 Å². The number of halogens is 1. The van der Waals surface area contributed by atoms with E-state index in [-0.39, 0.29) is 36.0 Å². The molecular weight excluding hydrogens is 473 g/mol. The maximum absolute atomic E-state index is 11.7. The van der Waals surface area contributed by atoms with E-state index in [1.165, 1.54) is 12.2 Å². The molecule has 0 bridgehead atoms. The molecule has 0 saturated heterocycles. The molecule has 0 aromatic heterocycles. The summed E-state index contributed by atoms with van der Waals surface area (Å²) in [5.41, 5.74) is 1.87. The highest BCUT2D eigenvalue weighted by molar-refractivity contribution is 14.0.